The molecule has 0 aliphatic rings. The van der Waals surface area contributed by atoms with Gasteiger partial charge in [0.1, 0.15) is 0 Å². The summed E-state index contributed by atoms with van der Waals surface area (Å²) in [5.74, 6) is -11.4. The highest BCUT2D eigenvalue weighted by Gasteiger charge is 2.37. The quantitative estimate of drug-likeness (QED) is 0.0907. The summed E-state index contributed by atoms with van der Waals surface area (Å²) in [6.07, 6.45) is -1.74. The van der Waals surface area contributed by atoms with Gasteiger partial charge < -0.3 is 9.13 Å². The van der Waals surface area contributed by atoms with Gasteiger partial charge in [-0.15, -0.1) is 0 Å². The third-order valence-electron chi connectivity index (χ3n) is 13.0. The standard InChI is InChI=1S/C59H32F8N4/c60-54-53(55(61)57(63)58(64)56(54)62)52-50(70-46-17-9-7-15-40(46)42-27-35(19-21-48(42)70)37-23-25-68-44(29-37)33-11-3-1-4-12-33)31-39(59(65,66)67)32-51(52)71-47-18-10-8-16-41(47)43-28-36(20-22-49(43)71)38-24-26-69-45(30-38)34-13-5-2-6-14-34/h1-32H. The monoisotopic (exact) mass is 948 g/mol. The number of alkyl halides is 3. The minimum absolute atomic E-state index is 0.293. The predicted octanol–water partition coefficient (Wildman–Crippen LogP) is 16.7. The summed E-state index contributed by atoms with van der Waals surface area (Å²) in [6, 6.07) is 52.0. The van der Waals surface area contributed by atoms with Crippen LogP contribution in [0.25, 0.3) is 111 Å². The zero-order valence-electron chi connectivity index (χ0n) is 36.8. The van der Waals surface area contributed by atoms with E-state index in [0.717, 1.165) is 33.4 Å². The van der Waals surface area contributed by atoms with Crippen LogP contribution in [0.4, 0.5) is 35.1 Å². The maximum atomic E-state index is 16.7. The molecule has 0 aliphatic heterocycles. The first-order chi connectivity index (χ1) is 34.4. The summed E-state index contributed by atoms with van der Waals surface area (Å²) < 4.78 is 129. The van der Waals surface area contributed by atoms with Gasteiger partial charge >= 0.3 is 6.18 Å². The summed E-state index contributed by atoms with van der Waals surface area (Å²) in [5.41, 5.74) is 3.04. The molecule has 0 aliphatic carbocycles. The Morgan fingerprint density at radius 3 is 1.14 bits per heavy atom. The van der Waals surface area contributed by atoms with Crippen molar-refractivity contribution in [3.63, 3.8) is 0 Å². The molecule has 0 amide bonds. The minimum atomic E-state index is -5.08. The van der Waals surface area contributed by atoms with E-state index >= 15 is 30.7 Å². The van der Waals surface area contributed by atoms with Crippen molar-refractivity contribution in [2.75, 3.05) is 0 Å². The minimum Gasteiger partial charge on any atom is -0.309 e. The van der Waals surface area contributed by atoms with E-state index in [1.54, 1.807) is 85.2 Å². The van der Waals surface area contributed by atoms with Crippen LogP contribution in [-0.4, -0.2) is 19.1 Å². The SMILES string of the molecule is Fc1c(F)c(F)c(-c2c(-n3c4ccccc4c4cc(-c5ccnc(-c6ccccc6)c5)ccc43)cc(C(F)(F)F)cc2-n2c3ccccc3c3cc(-c4ccnc(-c5ccccc5)c4)ccc32)c(F)c1F. The largest absolute Gasteiger partial charge is 0.416 e. The van der Waals surface area contributed by atoms with Gasteiger partial charge in [0.15, 0.2) is 23.3 Å². The molecule has 0 N–H and O–H groups in total. The molecule has 0 radical (unpaired) electrons. The Hall–Kier alpha value is -8.90. The van der Waals surface area contributed by atoms with E-state index in [4.69, 9.17) is 0 Å². The lowest BCUT2D eigenvalue weighted by molar-refractivity contribution is -0.137. The number of rotatable bonds is 7. The first kappa shape index (κ1) is 43.4. The lowest BCUT2D eigenvalue weighted by atomic mass is 9.96. The van der Waals surface area contributed by atoms with Crippen molar-refractivity contribution >= 4 is 43.6 Å². The van der Waals surface area contributed by atoms with Crippen molar-refractivity contribution in [2.45, 2.75) is 6.18 Å². The Labute approximate surface area is 399 Å². The number of fused-ring (bicyclic) bond motifs is 6. The number of hydrogen-bond acceptors (Lipinski definition) is 2. The van der Waals surface area contributed by atoms with Crippen molar-refractivity contribution in [3.05, 3.63) is 229 Å². The molecule has 71 heavy (non-hydrogen) atoms. The van der Waals surface area contributed by atoms with Crippen molar-refractivity contribution in [1.29, 1.82) is 0 Å². The smallest absolute Gasteiger partial charge is 0.309 e. The van der Waals surface area contributed by atoms with Gasteiger partial charge in [0.25, 0.3) is 0 Å². The maximum absolute atomic E-state index is 16.7. The van der Waals surface area contributed by atoms with E-state index in [2.05, 4.69) is 9.97 Å². The third-order valence-corrected chi connectivity index (χ3v) is 13.0. The lowest BCUT2D eigenvalue weighted by Crippen LogP contribution is -2.13. The van der Waals surface area contributed by atoms with E-state index in [0.29, 0.717) is 67.1 Å². The molecular formula is C59H32F8N4. The van der Waals surface area contributed by atoms with Crippen molar-refractivity contribution in [3.8, 4) is 67.3 Å². The van der Waals surface area contributed by atoms with Gasteiger partial charge in [0.05, 0.1) is 56.0 Å². The number of pyridine rings is 2. The molecule has 4 heterocycles. The molecule has 8 aromatic carbocycles. The molecule has 12 heteroatoms. The number of aromatic nitrogens is 4. The molecule has 0 saturated carbocycles. The fourth-order valence-electron chi connectivity index (χ4n) is 9.79. The summed E-state index contributed by atoms with van der Waals surface area (Å²) in [6.45, 7) is 0. The number of hydrogen-bond donors (Lipinski definition) is 0. The van der Waals surface area contributed by atoms with Gasteiger partial charge in [0.2, 0.25) is 5.82 Å². The molecule has 0 saturated heterocycles. The topological polar surface area (TPSA) is 35.6 Å². The van der Waals surface area contributed by atoms with Gasteiger partial charge in [-0.25, -0.2) is 22.0 Å². The Bertz CT molecular complexity index is 3850. The number of nitrogens with zero attached hydrogens (tertiary/aromatic N) is 4. The van der Waals surface area contributed by atoms with Gasteiger partial charge in [-0.1, -0.05) is 109 Å². The fraction of sp³-hybridized carbons (Fsp3) is 0.0169. The number of para-hydroxylation sites is 2. The molecule has 344 valence electrons. The van der Waals surface area contributed by atoms with E-state index in [1.165, 1.54) is 9.13 Å². The number of halogens is 8. The van der Waals surface area contributed by atoms with Crippen LogP contribution < -0.4 is 0 Å². The Morgan fingerprint density at radius 2 is 0.704 bits per heavy atom. The van der Waals surface area contributed by atoms with Gasteiger partial charge in [-0.3, -0.25) is 9.97 Å². The summed E-state index contributed by atoms with van der Waals surface area (Å²) >= 11 is 0. The molecule has 4 aromatic heterocycles. The van der Waals surface area contributed by atoms with Crippen LogP contribution in [0.3, 0.4) is 0 Å². The van der Waals surface area contributed by atoms with E-state index in [1.807, 2.05) is 97.1 Å². The van der Waals surface area contributed by atoms with Gasteiger partial charge in [0, 0.05) is 50.6 Å². The molecule has 0 unspecified atom stereocenters. The van der Waals surface area contributed by atoms with Crippen LogP contribution in [0.1, 0.15) is 5.56 Å². The molecule has 0 atom stereocenters. The van der Waals surface area contributed by atoms with Crippen LogP contribution >= 0.6 is 0 Å². The van der Waals surface area contributed by atoms with Crippen molar-refractivity contribution in [2.24, 2.45) is 0 Å². The van der Waals surface area contributed by atoms with E-state index in [9.17, 15) is 4.39 Å². The highest BCUT2D eigenvalue weighted by Crippen LogP contribution is 2.48. The average molecular weight is 949 g/mol. The molecule has 0 fully saturated rings. The fourth-order valence-corrected chi connectivity index (χ4v) is 9.79. The second-order valence-electron chi connectivity index (χ2n) is 17.1. The Balaban J connectivity index is 1.17. The second-order valence-corrected chi connectivity index (χ2v) is 17.1. The van der Waals surface area contributed by atoms with Gasteiger partial charge in [-0.05, 0) is 95.1 Å². The molecule has 12 rings (SSSR count). The maximum Gasteiger partial charge on any atom is 0.416 e. The normalized spacial score (nSPS) is 11.9. The van der Waals surface area contributed by atoms with Gasteiger partial charge in [-0.2, -0.15) is 13.2 Å². The average Bonchev–Trinajstić information content (AvgIpc) is 3.92. The summed E-state index contributed by atoms with van der Waals surface area (Å²) in [4.78, 5) is 9.10. The molecule has 12 aromatic rings. The zero-order chi connectivity index (χ0) is 48.7. The Kier molecular flexibility index (Phi) is 10.2. The first-order valence-corrected chi connectivity index (χ1v) is 22.3. The lowest BCUT2D eigenvalue weighted by Gasteiger charge is -2.23. The zero-order valence-corrected chi connectivity index (χ0v) is 36.8. The summed E-state index contributed by atoms with van der Waals surface area (Å²) in [7, 11) is 0. The van der Waals surface area contributed by atoms with Crippen LogP contribution in [0.5, 0.6) is 0 Å². The molecule has 0 spiro atoms. The summed E-state index contributed by atoms with van der Waals surface area (Å²) in [5, 5.41) is 2.16. The predicted molar refractivity (Wildman–Crippen MR) is 263 cm³/mol. The van der Waals surface area contributed by atoms with Crippen LogP contribution in [-0.2, 0) is 6.18 Å². The molecule has 4 nitrogen and oxygen atoms in total. The van der Waals surface area contributed by atoms with Crippen LogP contribution in [0.15, 0.2) is 194 Å². The number of benzene rings is 8. The highest BCUT2D eigenvalue weighted by molar-refractivity contribution is 6.13. The molecule has 0 bridgehead atoms. The third kappa shape index (κ3) is 7.12. The van der Waals surface area contributed by atoms with Crippen molar-refractivity contribution in [1.82, 2.24) is 19.1 Å². The highest BCUT2D eigenvalue weighted by atomic mass is 19.4. The van der Waals surface area contributed by atoms with Crippen molar-refractivity contribution < 1.29 is 35.1 Å². The first-order valence-electron chi connectivity index (χ1n) is 22.3. The second kappa shape index (κ2) is 16.7. The van der Waals surface area contributed by atoms with E-state index < -0.39 is 63.3 Å². The molecular weight excluding hydrogens is 917 g/mol. The Morgan fingerprint density at radius 1 is 0.324 bits per heavy atom. The van der Waals surface area contributed by atoms with E-state index in [-0.39, 0.29) is 0 Å². The van der Waals surface area contributed by atoms with Crippen LogP contribution in [0.2, 0.25) is 0 Å². The van der Waals surface area contributed by atoms with Crippen LogP contribution in [0, 0.1) is 29.1 Å².